The first-order valence-electron chi connectivity index (χ1n) is 27.7. The number of benzene rings is 6. The van der Waals surface area contributed by atoms with E-state index in [4.69, 9.17) is 78.6 Å². The normalized spacial score (nSPS) is 16.2. The lowest BCUT2D eigenvalue weighted by Crippen LogP contribution is -2.13. The molecule has 2 atom stereocenters. The van der Waals surface area contributed by atoms with Crippen LogP contribution in [-0.4, -0.2) is 74.3 Å². The zero-order chi connectivity index (χ0) is 60.0. The van der Waals surface area contributed by atoms with Crippen molar-refractivity contribution in [3.8, 4) is 46.0 Å². The molecule has 21 nitrogen and oxygen atoms in total. The third-order valence-corrected chi connectivity index (χ3v) is 20.5. The van der Waals surface area contributed by atoms with Crippen molar-refractivity contribution in [3.05, 3.63) is 165 Å². The Labute approximate surface area is 492 Å². The second kappa shape index (κ2) is 32.5. The molecule has 0 saturated carbocycles. The quantitative estimate of drug-likeness (QED) is 0.0267. The Balaban J connectivity index is 1.69. The van der Waals surface area contributed by atoms with E-state index in [0.29, 0.717) is 39.6 Å². The Morgan fingerprint density at radius 3 is 0.690 bits per heavy atom. The van der Waals surface area contributed by atoms with Gasteiger partial charge in [-0.1, -0.05) is 49.9 Å². The van der Waals surface area contributed by atoms with Crippen LogP contribution in [0.3, 0.4) is 0 Å². The number of aliphatic hydroxyl groups is 4. The molecule has 0 aromatic heterocycles. The van der Waals surface area contributed by atoms with E-state index in [-0.39, 0.29) is 108 Å². The predicted octanol–water partition coefficient (Wildman–Crippen LogP) is 13.5. The summed E-state index contributed by atoms with van der Waals surface area (Å²) in [5.74, 6) is 0.794. The largest absolute Gasteiger partial charge is 0.493 e. The topological polar surface area (TPSA) is 247 Å². The van der Waals surface area contributed by atoms with Gasteiger partial charge in [0.2, 0.25) is 0 Å². The molecule has 1 aliphatic heterocycles. The van der Waals surface area contributed by atoms with E-state index < -0.39 is 49.4 Å². The number of hydrogen-bond donors (Lipinski definition) is 4. The van der Waals surface area contributed by atoms with Crippen LogP contribution < -0.4 is 36.6 Å². The van der Waals surface area contributed by atoms with Crippen LogP contribution in [0.2, 0.25) is 0 Å². The van der Waals surface area contributed by atoms with Crippen molar-refractivity contribution in [2.45, 2.75) is 108 Å². The third-order valence-electron chi connectivity index (χ3n) is 12.5. The fourth-order valence-corrected chi connectivity index (χ4v) is 17.6. The van der Waals surface area contributed by atoms with E-state index in [0.717, 1.165) is 33.4 Å². The van der Waals surface area contributed by atoms with Gasteiger partial charge in [0.05, 0.1) is 80.3 Å². The average molecular weight is 1220 g/mol. The smallest absolute Gasteiger partial charge is 0.461 e. The third kappa shape index (κ3) is 17.6. The lowest BCUT2D eigenvalue weighted by atomic mass is 10.1. The SMILES string of the molecule is CCOCc1ccc(OP2(Oc3ccc(COCC)cc3CO)=NP(Oc3ccc(COCC)cc3CO)(Oc3ccc(COCC)cc3OC)=NP(Oc3ccc(COCC)cc3CO)(Oc3ccc(COCC)cc3OC)=N2)c(CO)c1. The van der Waals surface area contributed by atoms with Crippen LogP contribution in [-0.2, 0) is 94.5 Å². The molecular weight excluding hydrogens is 1140 g/mol. The van der Waals surface area contributed by atoms with Gasteiger partial charge in [0, 0.05) is 61.9 Å². The Morgan fingerprint density at radius 2 is 0.488 bits per heavy atom. The standard InChI is InChI=1S/C60H78N3O18P3/c1-9-70-37-43-15-21-53(49(27-43)33-64)76-82(77-54-22-16-44(38-71-10-2)28-50(54)34-65)61-83(78-55-23-17-45(39-72-11-3)29-51(55)35-66,80-57-25-19-47(41-74-13-5)31-59(57)68-7)63-84(62-82,79-56-24-18-46(40-73-12-4)30-52(56)36-67)81-58-26-20-48(42-75-14-6)32-60(58)69-8/h15-32,64-67H,9-14,33-42H2,1-8H3. The Hall–Kier alpha value is -5.99. The first-order valence-corrected chi connectivity index (χ1v) is 32.3. The van der Waals surface area contributed by atoms with Crippen molar-refractivity contribution < 1.29 is 85.5 Å². The number of nitrogens with zero attached hydrogens (tertiary/aromatic N) is 3. The van der Waals surface area contributed by atoms with E-state index >= 15 is 0 Å². The minimum absolute atomic E-state index is 0.0542. The van der Waals surface area contributed by atoms with Crippen molar-refractivity contribution in [1.82, 2.24) is 0 Å². The second-order valence-corrected chi connectivity index (χ2v) is 24.7. The van der Waals surface area contributed by atoms with Gasteiger partial charge in [-0.05, 0) is 148 Å². The van der Waals surface area contributed by atoms with Gasteiger partial charge in [0.1, 0.15) is 23.0 Å². The minimum atomic E-state index is -4.79. The Bertz CT molecular complexity index is 2740. The molecular formula is C60H78N3O18P3. The summed E-state index contributed by atoms with van der Waals surface area (Å²) in [5.41, 5.74) is 5.52. The fourth-order valence-electron chi connectivity index (χ4n) is 8.34. The number of rotatable bonds is 36. The van der Waals surface area contributed by atoms with Crippen molar-refractivity contribution in [1.29, 1.82) is 0 Å². The van der Waals surface area contributed by atoms with Gasteiger partial charge in [-0.3, -0.25) is 0 Å². The van der Waals surface area contributed by atoms with E-state index in [1.54, 1.807) is 109 Å². The molecule has 1 heterocycles. The summed E-state index contributed by atoms with van der Waals surface area (Å²) in [7, 11) is -11.4. The van der Waals surface area contributed by atoms with Gasteiger partial charge in [-0.15, -0.1) is 0 Å². The maximum Gasteiger partial charge on any atom is 0.461 e. The molecule has 0 radical (unpaired) electrons. The van der Waals surface area contributed by atoms with Crippen molar-refractivity contribution in [2.75, 3.05) is 53.9 Å². The summed E-state index contributed by atoms with van der Waals surface area (Å²) >= 11 is 0. The maximum atomic E-state index is 11.2. The van der Waals surface area contributed by atoms with E-state index in [1.807, 2.05) is 41.5 Å². The number of hydrogen-bond acceptors (Lipinski definition) is 21. The van der Waals surface area contributed by atoms with Gasteiger partial charge in [0.25, 0.3) is 0 Å². The molecule has 0 aliphatic carbocycles. The van der Waals surface area contributed by atoms with Crippen LogP contribution >= 0.6 is 23.0 Å². The highest BCUT2D eigenvalue weighted by Crippen LogP contribution is 2.79. The minimum Gasteiger partial charge on any atom is -0.493 e. The van der Waals surface area contributed by atoms with Gasteiger partial charge >= 0.3 is 23.0 Å². The van der Waals surface area contributed by atoms with Crippen LogP contribution in [0.15, 0.2) is 123 Å². The van der Waals surface area contributed by atoms with Crippen LogP contribution in [0.5, 0.6) is 46.0 Å². The molecule has 7 rings (SSSR count). The summed E-state index contributed by atoms with van der Waals surface area (Å²) in [6.45, 7) is 13.2. The van der Waals surface area contributed by atoms with Gasteiger partial charge in [-0.25, -0.2) is 0 Å². The molecule has 84 heavy (non-hydrogen) atoms. The highest BCUT2D eigenvalue weighted by Gasteiger charge is 2.50. The first kappa shape index (κ1) is 65.6. The number of ether oxygens (including phenoxy) is 8. The molecule has 456 valence electrons. The van der Waals surface area contributed by atoms with Crippen molar-refractivity contribution in [2.24, 2.45) is 13.5 Å². The molecule has 0 bridgehead atoms. The van der Waals surface area contributed by atoms with Crippen LogP contribution in [0, 0.1) is 0 Å². The molecule has 24 heteroatoms. The van der Waals surface area contributed by atoms with E-state index in [2.05, 4.69) is 0 Å². The van der Waals surface area contributed by atoms with E-state index in [9.17, 15) is 20.4 Å². The highest BCUT2D eigenvalue weighted by atomic mass is 31.3. The number of methoxy groups -OCH3 is 2. The Kier molecular flexibility index (Phi) is 25.4. The lowest BCUT2D eigenvalue weighted by Gasteiger charge is -2.34. The molecule has 0 saturated heterocycles. The van der Waals surface area contributed by atoms with Crippen LogP contribution in [0.4, 0.5) is 0 Å². The summed E-state index contributed by atoms with van der Waals surface area (Å²) < 4.78 is 107. The van der Waals surface area contributed by atoms with Gasteiger partial charge < -0.3 is 85.5 Å². The predicted molar refractivity (Wildman–Crippen MR) is 319 cm³/mol. The maximum absolute atomic E-state index is 11.2. The van der Waals surface area contributed by atoms with Gasteiger partial charge in [-0.2, -0.15) is 0 Å². The van der Waals surface area contributed by atoms with Gasteiger partial charge in [0.15, 0.2) is 23.0 Å². The monoisotopic (exact) mass is 1220 g/mol. The second-order valence-electron chi connectivity index (χ2n) is 18.5. The molecule has 6 aromatic carbocycles. The fraction of sp³-hybridized carbons (Fsp3) is 0.400. The average Bonchev–Trinajstić information content (AvgIpc) is 1.62. The Morgan fingerprint density at radius 1 is 0.286 bits per heavy atom. The van der Waals surface area contributed by atoms with Crippen molar-refractivity contribution in [3.63, 3.8) is 0 Å². The molecule has 1 aliphatic rings. The van der Waals surface area contributed by atoms with Crippen LogP contribution in [0.25, 0.3) is 0 Å². The molecule has 2 unspecified atom stereocenters. The molecule has 0 spiro atoms. The summed E-state index contributed by atoms with van der Waals surface area (Å²) in [6.07, 6.45) is 0. The molecule has 0 fully saturated rings. The molecule has 0 amide bonds. The molecule has 4 N–H and O–H groups in total. The van der Waals surface area contributed by atoms with E-state index in [1.165, 1.54) is 14.2 Å². The summed E-state index contributed by atoms with van der Waals surface area (Å²) in [4.78, 5) is 0. The first-order chi connectivity index (χ1) is 40.9. The van der Waals surface area contributed by atoms with Crippen molar-refractivity contribution >= 4 is 23.0 Å². The summed E-state index contributed by atoms with van der Waals surface area (Å²) in [6, 6.07) is 30.8. The number of aliphatic hydroxyl groups excluding tert-OH is 4. The lowest BCUT2D eigenvalue weighted by molar-refractivity contribution is 0.134. The summed E-state index contributed by atoms with van der Waals surface area (Å²) in [5, 5.41) is 44.8. The molecule has 6 aromatic rings. The highest BCUT2D eigenvalue weighted by molar-refractivity contribution is 7.79. The van der Waals surface area contributed by atoms with Crippen LogP contribution in [0.1, 0.15) is 97.2 Å². The zero-order valence-corrected chi connectivity index (χ0v) is 51.6. The zero-order valence-electron chi connectivity index (χ0n) is 48.9.